The van der Waals surface area contributed by atoms with Gasteiger partial charge in [0.25, 0.3) is 0 Å². The molecule has 0 radical (unpaired) electrons. The van der Waals surface area contributed by atoms with E-state index in [9.17, 15) is 5.11 Å². The fourth-order valence-corrected chi connectivity index (χ4v) is 7.93. The monoisotopic (exact) mass is 546 g/mol. The Balaban J connectivity index is 1.13. The van der Waals surface area contributed by atoms with Crippen molar-refractivity contribution in [3.8, 4) is 27.4 Å². The Labute approximate surface area is 237 Å². The van der Waals surface area contributed by atoms with Crippen LogP contribution in [-0.2, 0) is 13.0 Å². The Morgan fingerprint density at radius 1 is 0.974 bits per heavy atom. The second kappa shape index (κ2) is 12.1. The Hall–Kier alpha value is -2.29. The van der Waals surface area contributed by atoms with Crippen LogP contribution in [0.2, 0.25) is 0 Å². The number of piperidine rings is 1. The summed E-state index contributed by atoms with van der Waals surface area (Å²) in [7, 11) is 0. The van der Waals surface area contributed by atoms with Crippen molar-refractivity contribution < 1.29 is 9.84 Å². The third kappa shape index (κ3) is 5.79. The highest BCUT2D eigenvalue weighted by Gasteiger charge is 2.32. The van der Waals surface area contributed by atoms with Crippen molar-refractivity contribution in [1.29, 1.82) is 0 Å². The van der Waals surface area contributed by atoms with E-state index < -0.39 is 0 Å². The minimum absolute atomic E-state index is 0.210. The zero-order valence-electron chi connectivity index (χ0n) is 23.4. The minimum Gasteiger partial charge on any atom is -0.493 e. The lowest BCUT2D eigenvalue weighted by Gasteiger charge is -2.34. The number of hydrogen-bond acceptors (Lipinski definition) is 7. The first kappa shape index (κ1) is 26.9. The molecule has 0 bridgehead atoms. The molecule has 39 heavy (non-hydrogen) atoms. The van der Waals surface area contributed by atoms with Crippen LogP contribution in [0.3, 0.4) is 0 Å². The van der Waals surface area contributed by atoms with Crippen molar-refractivity contribution in [2.24, 2.45) is 11.8 Å². The predicted molar refractivity (Wildman–Crippen MR) is 160 cm³/mol. The van der Waals surface area contributed by atoms with E-state index in [-0.39, 0.29) is 6.61 Å². The summed E-state index contributed by atoms with van der Waals surface area (Å²) in [6, 6.07) is 13.0. The first-order chi connectivity index (χ1) is 19.1. The molecule has 0 amide bonds. The molecule has 2 fully saturated rings. The second-order valence-electron chi connectivity index (χ2n) is 11.5. The molecular formula is C32H42N4O2S. The van der Waals surface area contributed by atoms with Gasteiger partial charge in [0, 0.05) is 49.6 Å². The lowest BCUT2D eigenvalue weighted by Crippen LogP contribution is -2.40. The summed E-state index contributed by atoms with van der Waals surface area (Å²) in [6.45, 7) is 14.0. The maximum absolute atomic E-state index is 9.34. The van der Waals surface area contributed by atoms with E-state index in [2.05, 4.69) is 65.4 Å². The number of benzene rings is 2. The van der Waals surface area contributed by atoms with Gasteiger partial charge in [0.1, 0.15) is 10.8 Å². The number of β-amino-alcohol motifs (C(OH)–C–C–N with tert-alkyl or cyclic N) is 1. The number of aromatic nitrogens is 1. The van der Waals surface area contributed by atoms with E-state index >= 15 is 0 Å². The largest absolute Gasteiger partial charge is 0.493 e. The summed E-state index contributed by atoms with van der Waals surface area (Å²) in [4.78, 5) is 11.3. The second-order valence-corrected chi connectivity index (χ2v) is 12.6. The van der Waals surface area contributed by atoms with Gasteiger partial charge in [-0.2, -0.15) is 0 Å². The van der Waals surface area contributed by atoms with Crippen LogP contribution in [0.1, 0.15) is 34.5 Å². The lowest BCUT2D eigenvalue weighted by atomic mass is 9.89. The molecule has 3 aliphatic rings. The summed E-state index contributed by atoms with van der Waals surface area (Å²) < 4.78 is 6.34. The first-order valence-electron chi connectivity index (χ1n) is 14.7. The van der Waals surface area contributed by atoms with Gasteiger partial charge in [-0.3, -0.25) is 4.90 Å². The Morgan fingerprint density at radius 2 is 1.77 bits per heavy atom. The average Bonchev–Trinajstić information content (AvgIpc) is 3.59. The third-order valence-corrected chi connectivity index (χ3v) is 10.1. The molecule has 3 aliphatic heterocycles. The molecule has 0 saturated carbocycles. The third-order valence-electron chi connectivity index (χ3n) is 9.03. The van der Waals surface area contributed by atoms with E-state index in [1.165, 1.54) is 71.0 Å². The molecule has 4 heterocycles. The quantitative estimate of drug-likeness (QED) is 0.378. The molecular weight excluding hydrogens is 504 g/mol. The molecule has 7 heteroatoms. The normalized spacial score (nSPS) is 21.6. The van der Waals surface area contributed by atoms with Gasteiger partial charge in [0.2, 0.25) is 0 Å². The summed E-state index contributed by atoms with van der Waals surface area (Å²) in [5.41, 5.74) is 7.39. The van der Waals surface area contributed by atoms with Gasteiger partial charge in [0.15, 0.2) is 0 Å². The van der Waals surface area contributed by atoms with Gasteiger partial charge in [-0.15, -0.1) is 11.3 Å². The fourth-order valence-electron chi connectivity index (χ4n) is 6.70. The maximum Gasteiger partial charge on any atom is 0.124 e. The van der Waals surface area contributed by atoms with Crippen molar-refractivity contribution in [3.63, 3.8) is 0 Å². The number of hydrogen-bond donors (Lipinski definition) is 2. The molecule has 2 unspecified atom stereocenters. The molecule has 208 valence electrons. The van der Waals surface area contributed by atoms with Crippen LogP contribution in [0, 0.1) is 25.7 Å². The fraction of sp³-hybridized carbons (Fsp3) is 0.531. The zero-order valence-corrected chi connectivity index (χ0v) is 24.2. The number of likely N-dealkylation sites (tertiary alicyclic amines) is 1. The van der Waals surface area contributed by atoms with Gasteiger partial charge in [0.05, 0.1) is 18.9 Å². The van der Waals surface area contributed by atoms with E-state index in [1.807, 2.05) is 11.3 Å². The first-order valence-corrected chi connectivity index (χ1v) is 15.5. The number of aliphatic hydroxyl groups is 1. The molecule has 0 aliphatic carbocycles. The number of ether oxygens (including phenoxy) is 1. The van der Waals surface area contributed by atoms with Gasteiger partial charge >= 0.3 is 0 Å². The maximum atomic E-state index is 9.34. The molecule has 6 rings (SSSR count). The molecule has 2 saturated heterocycles. The number of aliphatic hydroxyl groups excluding tert-OH is 1. The number of thiazole rings is 1. The summed E-state index contributed by atoms with van der Waals surface area (Å²) >= 11 is 1.81. The van der Waals surface area contributed by atoms with Gasteiger partial charge in [-0.1, -0.05) is 30.3 Å². The zero-order chi connectivity index (χ0) is 26.8. The lowest BCUT2D eigenvalue weighted by molar-refractivity contribution is 0.140. The number of nitrogens with zero attached hydrogens (tertiary/aromatic N) is 3. The van der Waals surface area contributed by atoms with Gasteiger partial charge in [-0.05, 0) is 86.5 Å². The standard InChI is InChI=1S/C32H42N4O2S/c1-22-26(6-3-8-28(22)32-34-29-11-14-36(15-16-37)21-31(29)39-32)27-7-4-9-30(23(27)2)38-17-5-12-35-13-10-24-18-33-19-25(24)20-35/h3-4,6-9,24-25,33,37H,5,10-21H2,1-2H3. The van der Waals surface area contributed by atoms with Crippen LogP contribution in [0.5, 0.6) is 5.75 Å². The number of fused-ring (bicyclic) bond motifs is 2. The molecule has 2 N–H and O–H groups in total. The van der Waals surface area contributed by atoms with Gasteiger partial charge < -0.3 is 20.1 Å². The van der Waals surface area contributed by atoms with E-state index in [1.54, 1.807) is 0 Å². The van der Waals surface area contributed by atoms with Crippen LogP contribution >= 0.6 is 11.3 Å². The minimum atomic E-state index is 0.210. The van der Waals surface area contributed by atoms with Crippen LogP contribution < -0.4 is 10.1 Å². The van der Waals surface area contributed by atoms with Crippen molar-refractivity contribution in [3.05, 3.63) is 58.1 Å². The van der Waals surface area contributed by atoms with Crippen LogP contribution in [0.25, 0.3) is 21.7 Å². The van der Waals surface area contributed by atoms with Crippen LogP contribution in [0.4, 0.5) is 0 Å². The number of rotatable bonds is 9. The van der Waals surface area contributed by atoms with Crippen molar-refractivity contribution in [2.75, 3.05) is 59.0 Å². The summed E-state index contributed by atoms with van der Waals surface area (Å²) in [6.07, 6.45) is 3.36. The van der Waals surface area contributed by atoms with Crippen LogP contribution in [-0.4, -0.2) is 78.9 Å². The smallest absolute Gasteiger partial charge is 0.124 e. The topological polar surface area (TPSA) is 60.9 Å². The predicted octanol–water partition coefficient (Wildman–Crippen LogP) is 4.75. The van der Waals surface area contributed by atoms with E-state index in [4.69, 9.17) is 9.72 Å². The summed E-state index contributed by atoms with van der Waals surface area (Å²) in [5.74, 6) is 2.73. The molecule has 2 atom stereocenters. The Bertz CT molecular complexity index is 1290. The highest BCUT2D eigenvalue weighted by atomic mass is 32.1. The van der Waals surface area contributed by atoms with Crippen LogP contribution in [0.15, 0.2) is 36.4 Å². The summed E-state index contributed by atoms with van der Waals surface area (Å²) in [5, 5.41) is 14.0. The highest BCUT2D eigenvalue weighted by molar-refractivity contribution is 7.15. The molecule has 6 nitrogen and oxygen atoms in total. The highest BCUT2D eigenvalue weighted by Crippen LogP contribution is 2.39. The average molecular weight is 547 g/mol. The SMILES string of the molecule is Cc1c(OCCCN2CCC3CNCC3C2)cccc1-c1cccc(-c2nc3c(s2)CN(CCO)CC3)c1C. The van der Waals surface area contributed by atoms with Crippen molar-refractivity contribution in [1.82, 2.24) is 20.1 Å². The van der Waals surface area contributed by atoms with Crippen molar-refractivity contribution in [2.45, 2.75) is 39.7 Å². The van der Waals surface area contributed by atoms with E-state index in [0.29, 0.717) is 0 Å². The molecule has 2 aromatic carbocycles. The molecule has 1 aromatic heterocycles. The van der Waals surface area contributed by atoms with E-state index in [0.717, 1.165) is 68.2 Å². The Kier molecular flexibility index (Phi) is 8.33. The molecule has 0 spiro atoms. The van der Waals surface area contributed by atoms with Gasteiger partial charge in [-0.25, -0.2) is 4.98 Å². The van der Waals surface area contributed by atoms with Crippen molar-refractivity contribution >= 4 is 11.3 Å². The molecule has 3 aromatic rings. The number of nitrogens with one attached hydrogen (secondary N) is 1. The Morgan fingerprint density at radius 3 is 2.64 bits per heavy atom.